The Labute approximate surface area is 145 Å². The summed E-state index contributed by atoms with van der Waals surface area (Å²) < 4.78 is 1.59. The Morgan fingerprint density at radius 2 is 2.21 bits per heavy atom. The van der Waals surface area contributed by atoms with Crippen molar-refractivity contribution in [3.63, 3.8) is 0 Å². The van der Waals surface area contributed by atoms with E-state index in [1.807, 2.05) is 36.9 Å². The molecular weight excluding hydrogens is 324 g/mol. The molecule has 1 aliphatic heterocycles. The van der Waals surface area contributed by atoms with Gasteiger partial charge in [0.15, 0.2) is 5.16 Å². The van der Waals surface area contributed by atoms with Gasteiger partial charge in [-0.3, -0.25) is 9.36 Å². The number of hydrogen-bond acceptors (Lipinski definition) is 4. The number of fused-ring (bicyclic) bond motifs is 1. The smallest absolute Gasteiger partial charge is 0.308 e. The minimum atomic E-state index is -0.315. The van der Waals surface area contributed by atoms with Crippen LogP contribution in [0, 0.1) is 0 Å². The summed E-state index contributed by atoms with van der Waals surface area (Å²) in [5, 5.41) is 6.79. The van der Waals surface area contributed by atoms with Crippen LogP contribution in [-0.2, 0) is 17.8 Å². The Bertz CT molecular complexity index is 798. The number of aromatic amines is 1. The molecule has 2 atom stereocenters. The average molecular weight is 346 g/mol. The number of carbonyl (C=O) groups is 1. The number of H-pyrrole nitrogens is 1. The van der Waals surface area contributed by atoms with E-state index in [-0.39, 0.29) is 22.9 Å². The van der Waals surface area contributed by atoms with Gasteiger partial charge >= 0.3 is 5.69 Å². The van der Waals surface area contributed by atoms with Crippen molar-refractivity contribution in [1.82, 2.24) is 14.8 Å². The quantitative estimate of drug-likeness (QED) is 0.844. The van der Waals surface area contributed by atoms with Crippen molar-refractivity contribution < 1.29 is 4.79 Å². The predicted octanol–water partition coefficient (Wildman–Crippen LogP) is 2.44. The van der Waals surface area contributed by atoms with Gasteiger partial charge in [-0.1, -0.05) is 36.9 Å². The fourth-order valence-electron chi connectivity index (χ4n) is 3.12. The summed E-state index contributed by atoms with van der Waals surface area (Å²) in [6.07, 6.45) is 1.72. The molecule has 0 saturated heterocycles. The lowest BCUT2D eigenvalue weighted by atomic mass is 10.1. The van der Waals surface area contributed by atoms with Gasteiger partial charge in [-0.2, -0.15) is 0 Å². The first-order chi connectivity index (χ1) is 11.5. The molecule has 0 saturated carbocycles. The topological polar surface area (TPSA) is 71.0 Å². The van der Waals surface area contributed by atoms with Crippen molar-refractivity contribution in [2.24, 2.45) is 0 Å². The molecule has 7 heteroatoms. The van der Waals surface area contributed by atoms with Crippen molar-refractivity contribution in [3.05, 3.63) is 40.3 Å². The van der Waals surface area contributed by atoms with Gasteiger partial charge in [0.25, 0.3) is 0 Å². The third-order valence-corrected chi connectivity index (χ3v) is 5.32. The first kappa shape index (κ1) is 16.8. The molecule has 2 unspecified atom stereocenters. The highest BCUT2D eigenvalue weighted by molar-refractivity contribution is 8.00. The van der Waals surface area contributed by atoms with Gasteiger partial charge in [-0.05, 0) is 38.3 Å². The van der Waals surface area contributed by atoms with E-state index in [0.717, 1.165) is 18.5 Å². The Morgan fingerprint density at radius 3 is 2.96 bits per heavy atom. The second-order valence-electron chi connectivity index (χ2n) is 6.11. The van der Waals surface area contributed by atoms with Crippen LogP contribution < -0.4 is 10.6 Å². The number of nitrogens with zero attached hydrogens (tertiary/aromatic N) is 3. The predicted molar refractivity (Wildman–Crippen MR) is 95.6 cm³/mol. The van der Waals surface area contributed by atoms with E-state index < -0.39 is 0 Å². The zero-order valence-electron chi connectivity index (χ0n) is 14.2. The largest absolute Gasteiger partial charge is 0.343 e. The van der Waals surface area contributed by atoms with Crippen LogP contribution in [0.5, 0.6) is 0 Å². The van der Waals surface area contributed by atoms with Gasteiger partial charge < -0.3 is 4.90 Å². The molecular formula is C17H22N4O2S. The first-order valence-electron chi connectivity index (χ1n) is 8.25. The fourth-order valence-corrected chi connectivity index (χ4v) is 4.05. The van der Waals surface area contributed by atoms with Crippen molar-refractivity contribution >= 4 is 23.4 Å². The third-order valence-electron chi connectivity index (χ3n) is 4.25. The second kappa shape index (κ2) is 6.84. The third kappa shape index (κ3) is 3.00. The molecule has 1 aliphatic rings. The van der Waals surface area contributed by atoms with Crippen molar-refractivity contribution in [2.75, 3.05) is 4.90 Å². The fraction of sp³-hybridized carbons (Fsp3) is 0.471. The molecule has 3 rings (SSSR count). The Hall–Kier alpha value is -2.02. The normalized spacial score (nSPS) is 17.8. The molecule has 1 amide bonds. The van der Waals surface area contributed by atoms with Crippen LogP contribution in [0.1, 0.15) is 32.8 Å². The van der Waals surface area contributed by atoms with E-state index in [0.29, 0.717) is 11.7 Å². The molecule has 2 heterocycles. The molecule has 128 valence electrons. The molecule has 1 aromatic heterocycles. The van der Waals surface area contributed by atoms with E-state index in [1.54, 1.807) is 4.57 Å². The van der Waals surface area contributed by atoms with Gasteiger partial charge in [0.1, 0.15) is 0 Å². The maximum Gasteiger partial charge on any atom is 0.343 e. The molecule has 2 aromatic rings. The van der Waals surface area contributed by atoms with Crippen LogP contribution in [0.4, 0.5) is 5.69 Å². The number of thioether (sulfide) groups is 1. The van der Waals surface area contributed by atoms with Crippen molar-refractivity contribution in [1.29, 1.82) is 0 Å². The molecule has 0 bridgehead atoms. The van der Waals surface area contributed by atoms with Crippen LogP contribution in [0.3, 0.4) is 0 Å². The highest BCUT2D eigenvalue weighted by Crippen LogP contribution is 2.34. The van der Waals surface area contributed by atoms with Gasteiger partial charge in [0.05, 0.1) is 5.25 Å². The number of rotatable bonds is 5. The van der Waals surface area contributed by atoms with Crippen LogP contribution in [0.15, 0.2) is 34.2 Å². The van der Waals surface area contributed by atoms with E-state index in [2.05, 4.69) is 23.2 Å². The van der Waals surface area contributed by atoms with E-state index in [1.165, 1.54) is 17.3 Å². The molecule has 1 N–H and O–H groups in total. The highest BCUT2D eigenvalue weighted by Gasteiger charge is 2.33. The van der Waals surface area contributed by atoms with Crippen molar-refractivity contribution in [3.8, 4) is 0 Å². The lowest BCUT2D eigenvalue weighted by Crippen LogP contribution is -2.40. The number of para-hydroxylation sites is 1. The molecule has 0 aliphatic carbocycles. The minimum Gasteiger partial charge on any atom is -0.308 e. The minimum absolute atomic E-state index is 0.0518. The second-order valence-corrected chi connectivity index (χ2v) is 7.42. The standard InChI is InChI=1S/C17H22N4O2S/c1-4-9-20-16(23)18-19-17(20)24-12(3)15(22)21-11(2)10-13-7-5-6-8-14(13)21/h5-8,11-12H,4,9-10H2,1-3H3,(H,18,23). The maximum absolute atomic E-state index is 13.0. The Balaban J connectivity index is 1.80. The molecule has 0 spiro atoms. The number of anilines is 1. The lowest BCUT2D eigenvalue weighted by Gasteiger charge is -2.25. The van der Waals surface area contributed by atoms with Gasteiger partial charge in [-0.15, -0.1) is 5.10 Å². The molecule has 24 heavy (non-hydrogen) atoms. The van der Waals surface area contributed by atoms with E-state index in [4.69, 9.17) is 0 Å². The number of hydrogen-bond donors (Lipinski definition) is 1. The summed E-state index contributed by atoms with van der Waals surface area (Å²) in [4.78, 5) is 26.6. The summed E-state index contributed by atoms with van der Waals surface area (Å²) in [5.74, 6) is 0.0518. The number of nitrogens with one attached hydrogen (secondary N) is 1. The first-order valence-corrected chi connectivity index (χ1v) is 9.13. The van der Waals surface area contributed by atoms with Crippen molar-refractivity contribution in [2.45, 2.75) is 56.6 Å². The SMILES string of the molecule is CCCn1c(SC(C)C(=O)N2c3ccccc3CC2C)n[nH]c1=O. The Kier molecular flexibility index (Phi) is 4.80. The van der Waals surface area contributed by atoms with Gasteiger partial charge in [0.2, 0.25) is 5.91 Å². The summed E-state index contributed by atoms with van der Waals surface area (Å²) in [6.45, 7) is 6.54. The van der Waals surface area contributed by atoms with Gasteiger partial charge in [0, 0.05) is 18.3 Å². The van der Waals surface area contributed by atoms with E-state index >= 15 is 0 Å². The van der Waals surface area contributed by atoms with Crippen LogP contribution in [-0.4, -0.2) is 32.0 Å². The summed E-state index contributed by atoms with van der Waals surface area (Å²) in [7, 11) is 0. The van der Waals surface area contributed by atoms with E-state index in [9.17, 15) is 9.59 Å². The highest BCUT2D eigenvalue weighted by atomic mass is 32.2. The lowest BCUT2D eigenvalue weighted by molar-refractivity contribution is -0.118. The zero-order valence-corrected chi connectivity index (χ0v) is 15.0. The molecule has 6 nitrogen and oxygen atoms in total. The molecule has 0 fully saturated rings. The van der Waals surface area contributed by atoms with Crippen LogP contribution >= 0.6 is 11.8 Å². The van der Waals surface area contributed by atoms with Crippen LogP contribution in [0.25, 0.3) is 0 Å². The number of carbonyl (C=O) groups excluding carboxylic acids is 1. The molecule has 1 aromatic carbocycles. The monoisotopic (exact) mass is 346 g/mol. The average Bonchev–Trinajstić information content (AvgIpc) is 3.07. The van der Waals surface area contributed by atoms with Crippen LogP contribution in [0.2, 0.25) is 0 Å². The summed E-state index contributed by atoms with van der Waals surface area (Å²) in [6, 6.07) is 8.18. The number of aromatic nitrogens is 3. The summed E-state index contributed by atoms with van der Waals surface area (Å²) in [5.41, 5.74) is 1.98. The zero-order chi connectivity index (χ0) is 17.3. The Morgan fingerprint density at radius 1 is 1.46 bits per heavy atom. The van der Waals surface area contributed by atoms with Gasteiger partial charge in [-0.25, -0.2) is 9.89 Å². The number of amides is 1. The number of benzene rings is 1. The maximum atomic E-state index is 13.0. The summed E-state index contributed by atoms with van der Waals surface area (Å²) >= 11 is 1.33. The molecule has 0 radical (unpaired) electrons.